The topological polar surface area (TPSA) is 50.7 Å². The Morgan fingerprint density at radius 2 is 2.06 bits per heavy atom. The van der Waals surface area contributed by atoms with E-state index in [1.54, 1.807) is 0 Å². The number of cyclic esters (lactones) is 1. The van der Waals surface area contributed by atoms with Crippen LogP contribution in [0.1, 0.15) is 5.56 Å². The van der Waals surface area contributed by atoms with Crippen molar-refractivity contribution < 1.29 is 9.53 Å². The molecule has 0 unspecified atom stereocenters. The number of halogens is 1. The van der Waals surface area contributed by atoms with Gasteiger partial charge in [-0.2, -0.15) is 0 Å². The summed E-state index contributed by atoms with van der Waals surface area (Å²) in [6.45, 7) is 1.62. The molecule has 0 fully saturated rings. The Morgan fingerprint density at radius 1 is 1.28 bits per heavy atom. The van der Waals surface area contributed by atoms with Crippen molar-refractivity contribution in [1.29, 1.82) is 0 Å². The van der Waals surface area contributed by atoms with Gasteiger partial charge < -0.3 is 10.1 Å². The van der Waals surface area contributed by atoms with E-state index < -0.39 is 0 Å². The molecule has 4 nitrogen and oxygen atoms in total. The molecule has 1 aromatic carbocycles. The lowest BCUT2D eigenvalue weighted by Gasteiger charge is -2.06. The molecular weight excluding hydrogens is 296 g/mol. The van der Waals surface area contributed by atoms with Gasteiger partial charge in [-0.1, -0.05) is 28.1 Å². The van der Waals surface area contributed by atoms with E-state index in [4.69, 9.17) is 4.74 Å². The smallest absolute Gasteiger partial charge is 0.355 e. The number of nitrogens with one attached hydrogen (secondary N) is 1. The molecule has 0 saturated heterocycles. The van der Waals surface area contributed by atoms with Gasteiger partial charge in [0.05, 0.1) is 12.3 Å². The summed E-state index contributed by atoms with van der Waals surface area (Å²) in [5.74, 6) is -0.281. The number of carbonyl (C=O) groups excluding carboxylic acids is 1. The monoisotopic (exact) mass is 306 g/mol. The quantitative estimate of drug-likeness (QED) is 0.803. The Hall–Kier alpha value is -1.62. The maximum atomic E-state index is 11.6. The molecule has 0 radical (unpaired) electrons. The van der Waals surface area contributed by atoms with Gasteiger partial charge in [-0.25, -0.2) is 4.79 Å². The molecule has 0 atom stereocenters. The first-order chi connectivity index (χ1) is 8.75. The second kappa shape index (κ2) is 4.57. The summed E-state index contributed by atoms with van der Waals surface area (Å²) < 4.78 is 6.09. The van der Waals surface area contributed by atoms with Gasteiger partial charge in [0.25, 0.3) is 0 Å². The van der Waals surface area contributed by atoms with Crippen molar-refractivity contribution >= 4 is 27.6 Å². The molecule has 3 rings (SSSR count). The third-order valence-corrected chi connectivity index (χ3v) is 3.47. The van der Waals surface area contributed by atoms with Gasteiger partial charge in [0.1, 0.15) is 12.3 Å². The van der Waals surface area contributed by atoms with Gasteiger partial charge in [0.2, 0.25) is 0 Å². The minimum atomic E-state index is -0.281. The first-order valence-corrected chi connectivity index (χ1v) is 6.50. The molecule has 2 heterocycles. The fraction of sp³-hybridized carbons (Fsp3) is 0.231. The van der Waals surface area contributed by atoms with Gasteiger partial charge in [0.15, 0.2) is 0 Å². The number of hydrogen-bond acceptors (Lipinski definition) is 4. The molecule has 0 saturated carbocycles. The molecule has 5 heteroatoms. The highest BCUT2D eigenvalue weighted by molar-refractivity contribution is 9.10. The predicted octanol–water partition coefficient (Wildman–Crippen LogP) is 1.65. The number of nitrogens with zero attached hydrogens (tertiary/aromatic N) is 1. The normalized spacial score (nSPS) is 18.7. The van der Waals surface area contributed by atoms with Gasteiger partial charge in [-0.05, 0) is 12.1 Å². The lowest BCUT2D eigenvalue weighted by atomic mass is 10.0. The van der Waals surface area contributed by atoms with E-state index in [-0.39, 0.29) is 5.97 Å². The van der Waals surface area contributed by atoms with E-state index in [0.29, 0.717) is 25.4 Å². The minimum Gasteiger partial charge on any atom is -0.456 e. The Kier molecular flexibility index (Phi) is 2.91. The Balaban J connectivity index is 2.06. The molecular formula is C13H11BrN2O2. The Morgan fingerprint density at radius 3 is 2.83 bits per heavy atom. The summed E-state index contributed by atoms with van der Waals surface area (Å²) in [5.41, 5.74) is 3.29. The van der Waals surface area contributed by atoms with Crippen LogP contribution in [0.3, 0.4) is 0 Å². The Labute approximate surface area is 113 Å². The lowest BCUT2D eigenvalue weighted by Crippen LogP contribution is -2.21. The molecule has 1 aromatic rings. The van der Waals surface area contributed by atoms with E-state index >= 15 is 0 Å². The number of hydrogen-bond donors (Lipinski definition) is 1. The number of rotatable bonds is 1. The van der Waals surface area contributed by atoms with Crippen LogP contribution in [0.4, 0.5) is 0 Å². The molecule has 18 heavy (non-hydrogen) atoms. The number of carbonyl (C=O) groups is 1. The first kappa shape index (κ1) is 11.5. The average molecular weight is 307 g/mol. The standard InChI is InChI=1S/C13H11BrN2O2/c14-9-3-1-8(2-4-9)11-10-7-18-13(17)12(10)16-6-5-15-11/h1-4,16H,5-7H2. The van der Waals surface area contributed by atoms with Crippen LogP contribution < -0.4 is 5.32 Å². The van der Waals surface area contributed by atoms with Crippen LogP contribution in [0, 0.1) is 0 Å². The molecule has 1 N–H and O–H groups in total. The van der Waals surface area contributed by atoms with Crippen molar-refractivity contribution in [2.75, 3.05) is 19.7 Å². The van der Waals surface area contributed by atoms with Crippen molar-refractivity contribution in [3.05, 3.63) is 45.6 Å². The van der Waals surface area contributed by atoms with Crippen molar-refractivity contribution in [1.82, 2.24) is 5.32 Å². The maximum absolute atomic E-state index is 11.6. The van der Waals surface area contributed by atoms with E-state index in [1.165, 1.54) is 0 Å². The largest absolute Gasteiger partial charge is 0.456 e. The summed E-state index contributed by atoms with van der Waals surface area (Å²) >= 11 is 3.41. The zero-order chi connectivity index (χ0) is 12.5. The van der Waals surface area contributed by atoms with E-state index in [0.717, 1.165) is 21.3 Å². The molecule has 2 aliphatic rings. The van der Waals surface area contributed by atoms with Gasteiger partial charge in [-0.3, -0.25) is 4.99 Å². The molecule has 0 aliphatic carbocycles. The number of esters is 1. The maximum Gasteiger partial charge on any atom is 0.355 e. The molecule has 0 spiro atoms. The second-order valence-corrected chi connectivity index (χ2v) is 5.01. The van der Waals surface area contributed by atoms with Crippen LogP contribution in [-0.2, 0) is 9.53 Å². The van der Waals surface area contributed by atoms with Crippen molar-refractivity contribution in [3.8, 4) is 0 Å². The van der Waals surface area contributed by atoms with E-state index in [1.807, 2.05) is 24.3 Å². The van der Waals surface area contributed by atoms with Crippen LogP contribution in [0.2, 0.25) is 0 Å². The summed E-state index contributed by atoms with van der Waals surface area (Å²) in [6.07, 6.45) is 0. The molecule has 92 valence electrons. The zero-order valence-corrected chi connectivity index (χ0v) is 11.2. The summed E-state index contributed by atoms with van der Waals surface area (Å²) in [6, 6.07) is 7.91. The number of ether oxygens (including phenoxy) is 1. The van der Waals surface area contributed by atoms with Crippen LogP contribution in [0.25, 0.3) is 0 Å². The highest BCUT2D eigenvalue weighted by atomic mass is 79.9. The van der Waals surface area contributed by atoms with Crippen LogP contribution >= 0.6 is 15.9 Å². The van der Waals surface area contributed by atoms with E-state index in [2.05, 4.69) is 26.2 Å². The van der Waals surface area contributed by atoms with Crippen molar-refractivity contribution in [2.24, 2.45) is 4.99 Å². The van der Waals surface area contributed by atoms with E-state index in [9.17, 15) is 4.79 Å². The highest BCUT2D eigenvalue weighted by Gasteiger charge is 2.29. The van der Waals surface area contributed by atoms with Crippen LogP contribution in [-0.4, -0.2) is 31.4 Å². The van der Waals surface area contributed by atoms with Gasteiger partial charge in [0, 0.05) is 22.2 Å². The molecule has 0 aromatic heterocycles. The number of benzene rings is 1. The summed E-state index contributed by atoms with van der Waals surface area (Å²) in [5, 5.41) is 3.09. The van der Waals surface area contributed by atoms with Gasteiger partial charge in [-0.15, -0.1) is 0 Å². The lowest BCUT2D eigenvalue weighted by molar-refractivity contribution is -0.136. The zero-order valence-electron chi connectivity index (χ0n) is 9.57. The fourth-order valence-corrected chi connectivity index (χ4v) is 2.35. The number of aliphatic imine (C=N–C) groups is 1. The SMILES string of the molecule is O=C1OCC2=C1NCCN=C2c1ccc(Br)cc1. The van der Waals surface area contributed by atoms with Gasteiger partial charge >= 0.3 is 5.97 Å². The third kappa shape index (κ3) is 1.95. The van der Waals surface area contributed by atoms with Crippen LogP contribution in [0.15, 0.2) is 45.0 Å². The van der Waals surface area contributed by atoms with Crippen molar-refractivity contribution in [2.45, 2.75) is 0 Å². The summed E-state index contributed by atoms with van der Waals surface area (Å²) in [4.78, 5) is 16.1. The highest BCUT2D eigenvalue weighted by Crippen LogP contribution is 2.22. The first-order valence-electron chi connectivity index (χ1n) is 5.70. The molecule has 2 aliphatic heterocycles. The third-order valence-electron chi connectivity index (χ3n) is 2.94. The Bertz CT molecular complexity index is 561. The van der Waals surface area contributed by atoms with Crippen molar-refractivity contribution in [3.63, 3.8) is 0 Å². The minimum absolute atomic E-state index is 0.281. The average Bonchev–Trinajstić information content (AvgIpc) is 2.62. The predicted molar refractivity (Wildman–Crippen MR) is 71.5 cm³/mol. The molecule has 0 bridgehead atoms. The fourth-order valence-electron chi connectivity index (χ4n) is 2.09. The summed E-state index contributed by atoms with van der Waals surface area (Å²) in [7, 11) is 0. The molecule has 0 amide bonds. The second-order valence-electron chi connectivity index (χ2n) is 4.09. The van der Waals surface area contributed by atoms with Crippen LogP contribution in [0.5, 0.6) is 0 Å².